The quantitative estimate of drug-likeness (QED) is 0.637. The molecule has 7 heteroatoms. The lowest BCUT2D eigenvalue weighted by Gasteiger charge is -2.27. The van der Waals surface area contributed by atoms with Crippen LogP contribution in [0.3, 0.4) is 0 Å². The van der Waals surface area contributed by atoms with Gasteiger partial charge in [0.15, 0.2) is 5.78 Å². The van der Waals surface area contributed by atoms with Crippen LogP contribution in [0.15, 0.2) is 47.1 Å². The van der Waals surface area contributed by atoms with E-state index in [-0.39, 0.29) is 11.7 Å². The van der Waals surface area contributed by atoms with Crippen molar-refractivity contribution in [2.75, 3.05) is 11.4 Å². The number of anilines is 1. The summed E-state index contributed by atoms with van der Waals surface area (Å²) in [7, 11) is 0. The molecular weight excluding hydrogens is 300 g/mol. The number of nitrogens with zero attached hydrogens (tertiary/aromatic N) is 2. The van der Waals surface area contributed by atoms with Gasteiger partial charge in [-0.15, -0.1) is 0 Å². The first kappa shape index (κ1) is 15.0. The van der Waals surface area contributed by atoms with Crippen molar-refractivity contribution in [2.45, 2.75) is 18.9 Å². The molecule has 0 fully saturated rings. The van der Waals surface area contributed by atoms with E-state index in [0.717, 1.165) is 0 Å². The van der Waals surface area contributed by atoms with Crippen LogP contribution in [0.2, 0.25) is 0 Å². The first-order valence-electron chi connectivity index (χ1n) is 7.09. The van der Waals surface area contributed by atoms with Gasteiger partial charge in [-0.3, -0.25) is 19.7 Å². The van der Waals surface area contributed by atoms with Crippen molar-refractivity contribution in [3.05, 3.63) is 64.1 Å². The second-order valence-electron chi connectivity index (χ2n) is 5.35. The molecule has 1 amide bonds. The van der Waals surface area contributed by atoms with Crippen molar-refractivity contribution in [3.8, 4) is 0 Å². The molecule has 0 N–H and O–H groups in total. The minimum Gasteiger partial charge on any atom is -0.469 e. The Balaban J connectivity index is 2.10. The molecule has 3 rings (SSSR count). The molecule has 0 saturated heterocycles. The standard InChI is InChI=1S/C16H14N2O5/c1-10(19)18-13-6-3-2-5-11(13)16(20)15(18)12(9-17(21)22)14-7-4-8-23-14/h2-8,12,15H,9H2,1H3/t12-,15+/m1/s1. The SMILES string of the molecule is CC(=O)N1c2ccccc2C(=O)[C@@H]1[C@H](C[N+](=O)[O-])c1ccco1. The van der Waals surface area contributed by atoms with Crippen molar-refractivity contribution < 1.29 is 18.9 Å². The Bertz CT molecular complexity index is 769. The van der Waals surface area contributed by atoms with Gasteiger partial charge in [-0.2, -0.15) is 0 Å². The third-order valence-electron chi connectivity index (χ3n) is 3.95. The number of nitro groups is 1. The number of amides is 1. The summed E-state index contributed by atoms with van der Waals surface area (Å²) >= 11 is 0. The van der Waals surface area contributed by atoms with Crippen molar-refractivity contribution in [1.82, 2.24) is 0 Å². The fourth-order valence-corrected chi connectivity index (χ4v) is 3.05. The fraction of sp³-hybridized carbons (Fsp3) is 0.250. The number of benzene rings is 1. The van der Waals surface area contributed by atoms with Gasteiger partial charge in [0, 0.05) is 17.4 Å². The molecule has 1 aromatic carbocycles. The van der Waals surface area contributed by atoms with Gasteiger partial charge in [0.25, 0.3) is 0 Å². The van der Waals surface area contributed by atoms with E-state index < -0.39 is 23.4 Å². The summed E-state index contributed by atoms with van der Waals surface area (Å²) in [6, 6.07) is 8.93. The highest BCUT2D eigenvalue weighted by Crippen LogP contribution is 2.38. The van der Waals surface area contributed by atoms with Crippen LogP contribution in [0.5, 0.6) is 0 Å². The average molecular weight is 314 g/mol. The lowest BCUT2D eigenvalue weighted by atomic mass is 9.92. The minimum atomic E-state index is -0.971. The van der Waals surface area contributed by atoms with E-state index in [2.05, 4.69) is 0 Å². The first-order chi connectivity index (χ1) is 11.0. The highest BCUT2D eigenvalue weighted by Gasteiger charge is 2.47. The van der Waals surface area contributed by atoms with Gasteiger partial charge >= 0.3 is 0 Å². The molecule has 0 aliphatic carbocycles. The molecule has 0 radical (unpaired) electrons. The summed E-state index contributed by atoms with van der Waals surface area (Å²) in [4.78, 5) is 36.8. The summed E-state index contributed by atoms with van der Waals surface area (Å²) in [6.45, 7) is 0.843. The van der Waals surface area contributed by atoms with E-state index in [1.165, 1.54) is 18.1 Å². The lowest BCUT2D eigenvalue weighted by molar-refractivity contribution is -0.483. The smallest absolute Gasteiger partial charge is 0.224 e. The Kier molecular flexibility index (Phi) is 3.69. The molecule has 1 aromatic heterocycles. The van der Waals surface area contributed by atoms with Gasteiger partial charge < -0.3 is 9.32 Å². The van der Waals surface area contributed by atoms with Crippen molar-refractivity contribution in [1.29, 1.82) is 0 Å². The summed E-state index contributed by atoms with van der Waals surface area (Å²) < 4.78 is 5.29. The van der Waals surface area contributed by atoms with Crippen molar-refractivity contribution in [3.63, 3.8) is 0 Å². The molecule has 0 unspecified atom stereocenters. The molecule has 1 aliphatic rings. The topological polar surface area (TPSA) is 93.7 Å². The maximum Gasteiger partial charge on any atom is 0.224 e. The summed E-state index contributed by atoms with van der Waals surface area (Å²) in [5, 5.41) is 11.1. The van der Waals surface area contributed by atoms with E-state index in [4.69, 9.17) is 4.42 Å². The predicted octanol–water partition coefficient (Wildman–Crippen LogP) is 2.26. The van der Waals surface area contributed by atoms with Crippen LogP contribution in [0.1, 0.15) is 29.0 Å². The highest BCUT2D eigenvalue weighted by molar-refractivity contribution is 6.17. The molecule has 118 valence electrons. The third kappa shape index (κ3) is 2.50. The summed E-state index contributed by atoms with van der Waals surface area (Å²) in [5.74, 6) is -1.17. The number of para-hydroxylation sites is 1. The molecule has 0 saturated carbocycles. The number of rotatable bonds is 4. The molecular formula is C16H14N2O5. The lowest BCUT2D eigenvalue weighted by Crippen LogP contribution is -2.45. The van der Waals surface area contributed by atoms with E-state index in [1.54, 1.807) is 36.4 Å². The molecule has 2 aromatic rings. The zero-order valence-corrected chi connectivity index (χ0v) is 12.3. The molecule has 7 nitrogen and oxygen atoms in total. The average Bonchev–Trinajstić information content (AvgIpc) is 3.12. The molecule has 23 heavy (non-hydrogen) atoms. The van der Waals surface area contributed by atoms with E-state index in [1.807, 2.05) is 0 Å². The van der Waals surface area contributed by atoms with Crippen LogP contribution in [0.4, 0.5) is 5.69 Å². The van der Waals surface area contributed by atoms with Gasteiger partial charge in [0.1, 0.15) is 17.7 Å². The maximum atomic E-state index is 12.8. The number of hydrogen-bond donors (Lipinski definition) is 0. The number of carbonyl (C=O) groups excluding carboxylic acids is 2. The molecule has 1 aliphatic heterocycles. The largest absolute Gasteiger partial charge is 0.469 e. The summed E-state index contributed by atoms with van der Waals surface area (Å²) in [5.41, 5.74) is 0.877. The van der Waals surface area contributed by atoms with Crippen LogP contribution >= 0.6 is 0 Å². The number of ketones is 1. The van der Waals surface area contributed by atoms with Crippen LogP contribution in [0, 0.1) is 10.1 Å². The number of Topliss-reactive ketones (excluding diaryl/α,β-unsaturated/α-hetero) is 1. The van der Waals surface area contributed by atoms with Crippen molar-refractivity contribution in [2.24, 2.45) is 0 Å². The highest BCUT2D eigenvalue weighted by atomic mass is 16.6. The van der Waals surface area contributed by atoms with Crippen LogP contribution in [0.25, 0.3) is 0 Å². The molecule has 2 atom stereocenters. The number of hydrogen-bond acceptors (Lipinski definition) is 5. The Morgan fingerprint density at radius 1 is 1.35 bits per heavy atom. The van der Waals surface area contributed by atoms with E-state index in [9.17, 15) is 19.7 Å². The first-order valence-corrected chi connectivity index (χ1v) is 7.09. The maximum absolute atomic E-state index is 12.8. The Hall–Kier alpha value is -2.96. The second-order valence-corrected chi connectivity index (χ2v) is 5.35. The van der Waals surface area contributed by atoms with Gasteiger partial charge in [-0.05, 0) is 24.3 Å². The van der Waals surface area contributed by atoms with Crippen LogP contribution in [-0.4, -0.2) is 29.2 Å². The second kappa shape index (κ2) is 5.68. The minimum absolute atomic E-state index is 0.306. The number of furan rings is 1. The summed E-state index contributed by atoms with van der Waals surface area (Å²) in [6.07, 6.45) is 1.40. The van der Waals surface area contributed by atoms with E-state index >= 15 is 0 Å². The van der Waals surface area contributed by atoms with E-state index in [0.29, 0.717) is 17.0 Å². The number of carbonyl (C=O) groups is 2. The fourth-order valence-electron chi connectivity index (χ4n) is 3.05. The molecule has 0 spiro atoms. The van der Waals surface area contributed by atoms with Crippen LogP contribution < -0.4 is 4.90 Å². The Morgan fingerprint density at radius 2 is 2.09 bits per heavy atom. The zero-order chi connectivity index (χ0) is 16.6. The van der Waals surface area contributed by atoms with Gasteiger partial charge in [-0.1, -0.05) is 12.1 Å². The van der Waals surface area contributed by atoms with Crippen LogP contribution in [-0.2, 0) is 4.79 Å². The molecule has 0 bridgehead atoms. The Morgan fingerprint density at radius 3 is 2.70 bits per heavy atom. The van der Waals surface area contributed by atoms with Gasteiger partial charge in [0.05, 0.1) is 12.0 Å². The normalized spacial score (nSPS) is 17.9. The monoisotopic (exact) mass is 314 g/mol. The predicted molar refractivity (Wildman–Crippen MR) is 81.0 cm³/mol. The zero-order valence-electron chi connectivity index (χ0n) is 12.3. The van der Waals surface area contributed by atoms with Crippen molar-refractivity contribution >= 4 is 17.4 Å². The van der Waals surface area contributed by atoms with Gasteiger partial charge in [0.2, 0.25) is 12.5 Å². The Labute approximate surface area is 131 Å². The van der Waals surface area contributed by atoms with Gasteiger partial charge in [-0.25, -0.2) is 0 Å². The third-order valence-corrected chi connectivity index (χ3v) is 3.95. The number of fused-ring (bicyclic) bond motifs is 1. The molecule has 2 heterocycles.